The number of aryl methyl sites for hydroxylation is 2. The van der Waals surface area contributed by atoms with Gasteiger partial charge in [-0.3, -0.25) is 0 Å². The van der Waals surface area contributed by atoms with Crippen LogP contribution in [0.15, 0.2) is 18.2 Å². The van der Waals surface area contributed by atoms with E-state index in [1.807, 2.05) is 6.07 Å². The standard InChI is InChI=1S/C42H77IO2.H4N2O2S/c1-3-5-7-9-11-13-15-17-19-21-23-25-27-29-31-33-35-40-37-38-42(43(44)45)41(39-40)36-34-32-30-28-26-24-22-20-18-16-14-12-10-8-6-4-2;1-5(2,3)4/h37-39H,3-36H2,1-2H3;(H4,1,2,3,4). The molecule has 1 aromatic rings. The highest BCUT2D eigenvalue weighted by Gasteiger charge is 2.09. The molecule has 6 nitrogen and oxygen atoms in total. The van der Waals surface area contributed by atoms with Gasteiger partial charge in [-0.2, -0.15) is 8.42 Å². The van der Waals surface area contributed by atoms with Gasteiger partial charge in [0.05, 0.1) is 3.57 Å². The van der Waals surface area contributed by atoms with E-state index in [9.17, 15) is 14.6 Å². The molecule has 0 saturated heterocycles. The maximum absolute atomic E-state index is 12.0. The predicted octanol–water partition coefficient (Wildman–Crippen LogP) is 13.8. The Morgan fingerprint density at radius 3 is 0.980 bits per heavy atom. The minimum absolute atomic E-state index is 0.649. The molecular weight excluding hydrogens is 755 g/mol. The summed E-state index contributed by atoms with van der Waals surface area (Å²) >= 11 is -3.43. The second-order valence-corrected chi connectivity index (χ2v) is 18.4. The molecule has 0 aromatic heterocycles. The molecule has 0 atom stereocenters. The van der Waals surface area contributed by atoms with Crippen LogP contribution < -0.4 is 10.3 Å². The zero-order valence-corrected chi connectivity index (χ0v) is 35.8. The van der Waals surface area contributed by atoms with Crippen molar-refractivity contribution >= 4 is 30.0 Å². The van der Waals surface area contributed by atoms with E-state index in [0.29, 0.717) is 3.57 Å². The highest BCUT2D eigenvalue weighted by Crippen LogP contribution is 2.26. The van der Waals surface area contributed by atoms with Crippen LogP contribution in [0.1, 0.15) is 230 Å². The zero-order valence-electron chi connectivity index (χ0n) is 32.8. The lowest BCUT2D eigenvalue weighted by Gasteiger charge is -2.09. The molecule has 0 fully saturated rings. The van der Waals surface area contributed by atoms with Crippen molar-refractivity contribution in [2.75, 3.05) is 0 Å². The van der Waals surface area contributed by atoms with Gasteiger partial charge in [0, 0.05) is 0 Å². The third-order valence-electron chi connectivity index (χ3n) is 9.90. The second kappa shape index (κ2) is 36.8. The Balaban J connectivity index is 0.00000445. The summed E-state index contributed by atoms with van der Waals surface area (Å²) in [6.45, 7) is 4.58. The summed E-state index contributed by atoms with van der Waals surface area (Å²) in [6, 6.07) is 6.22. The number of rotatable bonds is 35. The molecular formula is C42H81IN2O4S. The van der Waals surface area contributed by atoms with Crippen molar-refractivity contribution in [3.63, 3.8) is 0 Å². The van der Waals surface area contributed by atoms with Crippen molar-refractivity contribution < 1.29 is 14.6 Å². The zero-order chi connectivity index (χ0) is 37.0. The van der Waals surface area contributed by atoms with Crippen LogP contribution in [-0.2, 0) is 29.2 Å². The summed E-state index contributed by atoms with van der Waals surface area (Å²) < 4.78 is 42.9. The van der Waals surface area contributed by atoms with Crippen molar-refractivity contribution in [2.45, 2.75) is 232 Å². The molecule has 0 unspecified atom stereocenters. The van der Waals surface area contributed by atoms with Crippen LogP contribution in [0.25, 0.3) is 0 Å². The molecule has 0 amide bonds. The molecule has 1 aromatic carbocycles. The molecule has 0 heterocycles. The largest absolute Gasteiger partial charge is 0.341 e. The number of hydrogen-bond donors (Lipinski definition) is 2. The van der Waals surface area contributed by atoms with Crippen LogP contribution >= 0.6 is 19.8 Å². The van der Waals surface area contributed by atoms with Gasteiger partial charge in [-0.15, -0.1) is 0 Å². The number of nitrogens with two attached hydrogens (primary N) is 2. The molecule has 0 bridgehead atoms. The molecule has 1 rings (SSSR count). The predicted molar refractivity (Wildman–Crippen MR) is 224 cm³/mol. The monoisotopic (exact) mass is 836 g/mol. The number of benzene rings is 1. The average Bonchev–Trinajstić information content (AvgIpc) is 3.07. The molecule has 0 saturated carbocycles. The average molecular weight is 837 g/mol. The maximum Gasteiger partial charge on any atom is 0.341 e. The van der Waals surface area contributed by atoms with E-state index in [1.54, 1.807) is 0 Å². The van der Waals surface area contributed by atoms with Gasteiger partial charge in [-0.1, -0.05) is 219 Å². The first-order valence-electron chi connectivity index (χ1n) is 21.2. The molecule has 0 aliphatic heterocycles. The molecule has 0 aliphatic carbocycles. The molecule has 4 N–H and O–H groups in total. The number of hydrogen-bond acceptors (Lipinski definition) is 4. The molecule has 0 radical (unpaired) electrons. The second-order valence-electron chi connectivity index (χ2n) is 14.8. The van der Waals surface area contributed by atoms with Crippen LogP contribution in [0, 0.1) is 3.57 Å². The first-order chi connectivity index (χ1) is 24.2. The molecule has 0 aliphatic rings. The van der Waals surface area contributed by atoms with E-state index in [-0.39, 0.29) is 0 Å². The van der Waals surface area contributed by atoms with Crippen LogP contribution in [0.2, 0.25) is 0 Å². The van der Waals surface area contributed by atoms with Gasteiger partial charge < -0.3 is 0 Å². The van der Waals surface area contributed by atoms with E-state index in [4.69, 9.17) is 0 Å². The van der Waals surface area contributed by atoms with E-state index < -0.39 is 30.0 Å². The smallest absolute Gasteiger partial charge is 0.230 e. The Morgan fingerprint density at radius 1 is 0.440 bits per heavy atom. The topological polar surface area (TPSA) is 120 Å². The lowest BCUT2D eigenvalue weighted by Crippen LogP contribution is -2.21. The maximum atomic E-state index is 12.0. The third-order valence-corrected chi connectivity index (χ3v) is 11.9. The lowest BCUT2D eigenvalue weighted by molar-refractivity contribution is 0.529. The van der Waals surface area contributed by atoms with E-state index in [0.717, 1.165) is 24.8 Å². The first-order valence-corrected chi connectivity index (χ1v) is 25.6. The van der Waals surface area contributed by atoms with Gasteiger partial charge in [0.25, 0.3) is 10.2 Å². The normalized spacial score (nSPS) is 11.6. The fourth-order valence-corrected chi connectivity index (χ4v) is 8.33. The van der Waals surface area contributed by atoms with Gasteiger partial charge in [0.1, 0.15) is 0 Å². The number of unbranched alkanes of at least 4 members (excludes halogenated alkanes) is 30. The van der Waals surface area contributed by atoms with Gasteiger partial charge in [0.15, 0.2) is 0 Å². The van der Waals surface area contributed by atoms with Gasteiger partial charge in [-0.25, -0.2) is 16.4 Å². The van der Waals surface area contributed by atoms with Crippen molar-refractivity contribution in [1.29, 1.82) is 0 Å². The van der Waals surface area contributed by atoms with Crippen LogP contribution in [0.3, 0.4) is 0 Å². The lowest BCUT2D eigenvalue weighted by atomic mass is 9.99. The minimum Gasteiger partial charge on any atom is -0.230 e. The van der Waals surface area contributed by atoms with E-state index in [1.165, 1.54) is 205 Å². The summed E-state index contributed by atoms with van der Waals surface area (Å²) in [5.74, 6) is 0. The van der Waals surface area contributed by atoms with Gasteiger partial charge in [0.2, 0.25) is 0 Å². The van der Waals surface area contributed by atoms with Crippen molar-refractivity contribution in [1.82, 2.24) is 0 Å². The fourth-order valence-electron chi connectivity index (χ4n) is 6.87. The number of halogens is 1. The minimum atomic E-state index is -3.67. The van der Waals surface area contributed by atoms with Crippen molar-refractivity contribution in [2.24, 2.45) is 10.3 Å². The summed E-state index contributed by atoms with van der Waals surface area (Å²) in [4.78, 5) is 0. The highest BCUT2D eigenvalue weighted by molar-refractivity contribution is 14.2. The summed E-state index contributed by atoms with van der Waals surface area (Å²) in [5.41, 5.74) is 2.44. The Hall–Kier alpha value is -0.580. The Morgan fingerprint density at radius 2 is 0.700 bits per heavy atom. The SMILES string of the molecule is CCCCCCCCCCCCCCCCCCc1ccc(I(=O)=O)c(CCCCCCCCCCCCCCCCCC)c1.NS(N)(=O)=O. The van der Waals surface area contributed by atoms with Crippen LogP contribution in [0.5, 0.6) is 0 Å². The van der Waals surface area contributed by atoms with Crippen molar-refractivity contribution in [3.05, 3.63) is 32.9 Å². The third kappa shape index (κ3) is 37.2. The van der Waals surface area contributed by atoms with E-state index >= 15 is 0 Å². The van der Waals surface area contributed by atoms with E-state index in [2.05, 4.69) is 36.3 Å². The summed E-state index contributed by atoms with van der Waals surface area (Å²) in [5, 5.41) is 8.21. The summed E-state index contributed by atoms with van der Waals surface area (Å²) in [7, 11) is -3.67. The molecule has 50 heavy (non-hydrogen) atoms. The van der Waals surface area contributed by atoms with Gasteiger partial charge in [-0.05, 0) is 42.9 Å². The highest BCUT2D eigenvalue weighted by atomic mass is 127. The quantitative estimate of drug-likeness (QED) is 0.0522. The first kappa shape index (κ1) is 49.4. The summed E-state index contributed by atoms with van der Waals surface area (Å²) in [6.07, 6.45) is 46.3. The Labute approximate surface area is 318 Å². The van der Waals surface area contributed by atoms with Crippen molar-refractivity contribution in [3.8, 4) is 0 Å². The van der Waals surface area contributed by atoms with Crippen LogP contribution in [0.4, 0.5) is 0 Å². The Bertz CT molecular complexity index is 1050. The van der Waals surface area contributed by atoms with Crippen LogP contribution in [-0.4, -0.2) is 8.42 Å². The Kier molecular flexibility index (Phi) is 36.3. The molecule has 296 valence electrons. The van der Waals surface area contributed by atoms with Gasteiger partial charge >= 0.3 is 19.8 Å². The molecule has 8 heteroatoms. The molecule has 0 spiro atoms. The fraction of sp³-hybridized carbons (Fsp3) is 0.857.